The van der Waals surface area contributed by atoms with Crippen molar-refractivity contribution in [3.8, 4) is 22.4 Å². The summed E-state index contributed by atoms with van der Waals surface area (Å²) >= 11 is 0. The zero-order valence-corrected chi connectivity index (χ0v) is 14.5. The number of aromatic nitrogens is 3. The van der Waals surface area contributed by atoms with Crippen LogP contribution in [0, 0.1) is 0 Å². The summed E-state index contributed by atoms with van der Waals surface area (Å²) in [5, 5.41) is 4.42. The fourth-order valence-corrected chi connectivity index (χ4v) is 3.29. The van der Waals surface area contributed by atoms with Gasteiger partial charge in [0.15, 0.2) is 9.84 Å². The van der Waals surface area contributed by atoms with Crippen molar-refractivity contribution in [1.82, 2.24) is 14.8 Å². The Bertz CT molecular complexity index is 1040. The normalized spacial score (nSPS) is 11.4. The summed E-state index contributed by atoms with van der Waals surface area (Å²) in [6, 6.07) is 9.87. The molecule has 0 spiro atoms. The molecule has 3 rings (SSSR count). The molecule has 128 valence electrons. The van der Waals surface area contributed by atoms with Crippen LogP contribution in [0.2, 0.25) is 0 Å². The van der Waals surface area contributed by atoms with E-state index in [-0.39, 0.29) is 10.6 Å². The summed E-state index contributed by atoms with van der Waals surface area (Å²) in [6.07, 6.45) is 4.38. The third kappa shape index (κ3) is 3.16. The first-order chi connectivity index (χ1) is 11.8. The molecule has 0 aliphatic carbocycles. The highest BCUT2D eigenvalue weighted by Crippen LogP contribution is 2.34. The number of sulfone groups is 1. The van der Waals surface area contributed by atoms with Gasteiger partial charge in [-0.1, -0.05) is 12.1 Å². The topological polar surface area (TPSA) is 108 Å². The van der Waals surface area contributed by atoms with Gasteiger partial charge in [0.1, 0.15) is 11.4 Å². The molecule has 0 saturated carbocycles. The smallest absolute Gasteiger partial charge is 0.267 e. The highest BCUT2D eigenvalue weighted by atomic mass is 32.2. The summed E-state index contributed by atoms with van der Waals surface area (Å²) in [5.41, 5.74) is 8.37. The van der Waals surface area contributed by atoms with E-state index in [2.05, 4.69) is 10.1 Å². The lowest BCUT2D eigenvalue weighted by molar-refractivity contribution is 0.0992. The van der Waals surface area contributed by atoms with Crippen molar-refractivity contribution in [3.05, 3.63) is 54.5 Å². The second-order valence-electron chi connectivity index (χ2n) is 5.59. The third-order valence-corrected chi connectivity index (χ3v) is 4.93. The van der Waals surface area contributed by atoms with Gasteiger partial charge in [0.05, 0.1) is 4.90 Å². The Balaban J connectivity index is 2.24. The van der Waals surface area contributed by atoms with Crippen LogP contribution in [0.1, 0.15) is 10.5 Å². The van der Waals surface area contributed by atoms with Crippen molar-refractivity contribution in [3.63, 3.8) is 0 Å². The Labute approximate surface area is 145 Å². The van der Waals surface area contributed by atoms with E-state index in [0.29, 0.717) is 16.8 Å². The molecule has 0 atom stereocenters. The van der Waals surface area contributed by atoms with E-state index in [9.17, 15) is 13.2 Å². The maximum atomic E-state index is 11.9. The lowest BCUT2D eigenvalue weighted by Gasteiger charge is -2.06. The fourth-order valence-electron chi connectivity index (χ4n) is 2.66. The second kappa shape index (κ2) is 6.14. The van der Waals surface area contributed by atoms with Gasteiger partial charge in [-0.25, -0.2) is 8.42 Å². The lowest BCUT2D eigenvalue weighted by Crippen LogP contribution is -2.16. The van der Waals surface area contributed by atoms with Crippen LogP contribution in [0.5, 0.6) is 0 Å². The number of hydrogen-bond acceptors (Lipinski definition) is 5. The average Bonchev–Trinajstić information content (AvgIpc) is 2.92. The predicted molar refractivity (Wildman–Crippen MR) is 93.5 cm³/mol. The van der Waals surface area contributed by atoms with Crippen LogP contribution in [0.25, 0.3) is 22.4 Å². The molecular formula is C17H16N4O3S. The van der Waals surface area contributed by atoms with E-state index >= 15 is 0 Å². The van der Waals surface area contributed by atoms with E-state index < -0.39 is 15.7 Å². The molecule has 25 heavy (non-hydrogen) atoms. The van der Waals surface area contributed by atoms with E-state index in [0.717, 1.165) is 11.8 Å². The van der Waals surface area contributed by atoms with Crippen molar-refractivity contribution >= 4 is 15.7 Å². The quantitative estimate of drug-likeness (QED) is 0.765. The molecule has 1 aromatic carbocycles. The van der Waals surface area contributed by atoms with Gasteiger partial charge in [0.25, 0.3) is 5.91 Å². The minimum absolute atomic E-state index is 0.216. The van der Waals surface area contributed by atoms with E-state index in [4.69, 9.17) is 5.73 Å². The Hall–Kier alpha value is -3.00. The number of primary amides is 1. The molecule has 0 unspecified atom stereocenters. The maximum Gasteiger partial charge on any atom is 0.267 e. The van der Waals surface area contributed by atoms with Gasteiger partial charge in [0.2, 0.25) is 0 Å². The number of hydrogen-bond donors (Lipinski definition) is 1. The summed E-state index contributed by atoms with van der Waals surface area (Å²) in [7, 11) is -1.65. The molecular weight excluding hydrogens is 340 g/mol. The third-order valence-electron chi connectivity index (χ3n) is 3.81. The second-order valence-corrected chi connectivity index (χ2v) is 7.61. The van der Waals surface area contributed by atoms with Crippen molar-refractivity contribution < 1.29 is 13.2 Å². The maximum absolute atomic E-state index is 11.9. The lowest BCUT2D eigenvalue weighted by atomic mass is 9.99. The fraction of sp³-hybridized carbons (Fsp3) is 0.118. The molecule has 2 heterocycles. The number of carbonyl (C=O) groups is 1. The Morgan fingerprint density at radius 1 is 1.04 bits per heavy atom. The van der Waals surface area contributed by atoms with Gasteiger partial charge in [-0.15, -0.1) is 0 Å². The van der Waals surface area contributed by atoms with Gasteiger partial charge < -0.3 is 5.73 Å². The molecule has 3 aromatic rings. The highest BCUT2D eigenvalue weighted by molar-refractivity contribution is 7.90. The van der Waals surface area contributed by atoms with Crippen molar-refractivity contribution in [1.29, 1.82) is 0 Å². The van der Waals surface area contributed by atoms with Crippen LogP contribution < -0.4 is 5.73 Å². The van der Waals surface area contributed by atoms with Gasteiger partial charge >= 0.3 is 0 Å². The zero-order valence-electron chi connectivity index (χ0n) is 13.7. The molecule has 1 amide bonds. The minimum atomic E-state index is -3.29. The standard InChI is InChI=1S/C17H16N4O3S/c1-21-16(17(18)22)14(11-7-9-19-10-8-11)15(20-21)12-3-5-13(6-4-12)25(2,23)24/h3-10H,1-2H3,(H2,18,22). The first-order valence-electron chi connectivity index (χ1n) is 7.36. The van der Waals surface area contributed by atoms with Crippen molar-refractivity contribution in [2.24, 2.45) is 12.8 Å². The van der Waals surface area contributed by atoms with E-state index in [1.165, 1.54) is 16.8 Å². The minimum Gasteiger partial charge on any atom is -0.364 e. The summed E-state index contributed by atoms with van der Waals surface area (Å²) in [5.74, 6) is -0.596. The number of carbonyl (C=O) groups excluding carboxylic acids is 1. The molecule has 7 nitrogen and oxygen atoms in total. The van der Waals surface area contributed by atoms with Gasteiger partial charge in [-0.3, -0.25) is 14.5 Å². The van der Waals surface area contributed by atoms with Crippen LogP contribution in [0.15, 0.2) is 53.7 Å². The van der Waals surface area contributed by atoms with Crippen LogP contribution in [-0.2, 0) is 16.9 Å². The number of benzene rings is 1. The number of rotatable bonds is 4. The average molecular weight is 356 g/mol. The molecule has 0 fully saturated rings. The monoisotopic (exact) mass is 356 g/mol. The van der Waals surface area contributed by atoms with Crippen LogP contribution in [0.4, 0.5) is 0 Å². The summed E-state index contributed by atoms with van der Waals surface area (Å²) in [4.78, 5) is 16.1. The Kier molecular flexibility index (Phi) is 4.13. The molecule has 0 bridgehead atoms. The Morgan fingerprint density at radius 2 is 1.64 bits per heavy atom. The first-order valence-corrected chi connectivity index (χ1v) is 9.26. The predicted octanol–water partition coefficient (Wildman–Crippen LogP) is 1.65. The molecule has 2 N–H and O–H groups in total. The summed E-state index contributed by atoms with van der Waals surface area (Å²) in [6.45, 7) is 0. The molecule has 0 aliphatic rings. The summed E-state index contributed by atoms with van der Waals surface area (Å²) < 4.78 is 24.7. The largest absolute Gasteiger partial charge is 0.364 e. The first kappa shape index (κ1) is 16.8. The van der Waals surface area contributed by atoms with E-state index in [1.807, 2.05) is 0 Å². The molecule has 0 radical (unpaired) electrons. The number of aryl methyl sites for hydroxylation is 1. The molecule has 2 aromatic heterocycles. The number of pyridine rings is 1. The SMILES string of the molecule is Cn1nc(-c2ccc(S(C)(=O)=O)cc2)c(-c2ccncc2)c1C(N)=O. The van der Waals surface area contributed by atoms with Crippen molar-refractivity contribution in [2.45, 2.75) is 4.90 Å². The number of nitrogens with zero attached hydrogens (tertiary/aromatic N) is 3. The van der Waals surface area contributed by atoms with Gasteiger partial charge in [-0.05, 0) is 29.8 Å². The van der Waals surface area contributed by atoms with Gasteiger partial charge in [0, 0.05) is 36.8 Å². The van der Waals surface area contributed by atoms with Crippen molar-refractivity contribution in [2.75, 3.05) is 6.26 Å². The zero-order chi connectivity index (χ0) is 18.2. The molecule has 8 heteroatoms. The van der Waals surface area contributed by atoms with Crippen LogP contribution in [0.3, 0.4) is 0 Å². The van der Waals surface area contributed by atoms with Crippen LogP contribution in [-0.4, -0.2) is 35.3 Å². The molecule has 0 aliphatic heterocycles. The van der Waals surface area contributed by atoms with Crippen LogP contribution >= 0.6 is 0 Å². The number of amides is 1. The van der Waals surface area contributed by atoms with E-state index in [1.54, 1.807) is 43.7 Å². The number of nitrogens with two attached hydrogens (primary N) is 1. The van der Waals surface area contributed by atoms with Gasteiger partial charge in [-0.2, -0.15) is 5.10 Å². The highest BCUT2D eigenvalue weighted by Gasteiger charge is 2.22. The molecule has 0 saturated heterocycles. The Morgan fingerprint density at radius 3 is 2.16 bits per heavy atom.